The molecule has 0 aliphatic carbocycles. The van der Waals surface area contributed by atoms with Gasteiger partial charge in [-0.3, -0.25) is 4.79 Å². The standard InChI is InChI=1S/C19H18FN3O/c1-14-6-5-9-21-19(14)22-18(24)13-17(23-10-2-3-11-23)15-7-4-8-16(20)12-15/h2-12,17H,13H2,1H3,(H,21,22,24)/t17-/m1/s1. The third-order valence-electron chi connectivity index (χ3n) is 3.87. The SMILES string of the molecule is Cc1cccnc1NC(=O)C[C@H](c1cccc(F)c1)n1cccc1. The Morgan fingerprint density at radius 2 is 2.00 bits per heavy atom. The Kier molecular flexibility index (Phi) is 4.70. The predicted octanol–water partition coefficient (Wildman–Crippen LogP) is 3.95. The lowest BCUT2D eigenvalue weighted by molar-refractivity contribution is -0.116. The van der Waals surface area contributed by atoms with Gasteiger partial charge in [-0.05, 0) is 48.4 Å². The smallest absolute Gasteiger partial charge is 0.227 e. The van der Waals surface area contributed by atoms with Gasteiger partial charge in [-0.25, -0.2) is 9.37 Å². The number of nitrogens with one attached hydrogen (secondary N) is 1. The van der Waals surface area contributed by atoms with E-state index in [0.717, 1.165) is 11.1 Å². The van der Waals surface area contributed by atoms with Gasteiger partial charge in [0.25, 0.3) is 0 Å². The lowest BCUT2D eigenvalue weighted by Gasteiger charge is -2.19. The van der Waals surface area contributed by atoms with Crippen molar-refractivity contribution in [3.63, 3.8) is 0 Å². The van der Waals surface area contributed by atoms with Crippen molar-refractivity contribution in [3.05, 3.63) is 84.1 Å². The second-order valence-corrected chi connectivity index (χ2v) is 5.62. The normalized spacial score (nSPS) is 11.9. The van der Waals surface area contributed by atoms with E-state index in [4.69, 9.17) is 0 Å². The summed E-state index contributed by atoms with van der Waals surface area (Å²) in [5, 5.41) is 2.83. The molecule has 0 saturated carbocycles. The van der Waals surface area contributed by atoms with Crippen LogP contribution in [-0.4, -0.2) is 15.5 Å². The highest BCUT2D eigenvalue weighted by molar-refractivity contribution is 5.90. The molecule has 0 radical (unpaired) electrons. The second kappa shape index (κ2) is 7.08. The van der Waals surface area contributed by atoms with Crippen LogP contribution in [0.3, 0.4) is 0 Å². The highest BCUT2D eigenvalue weighted by Crippen LogP contribution is 2.24. The van der Waals surface area contributed by atoms with Gasteiger partial charge in [0.05, 0.1) is 12.5 Å². The fourth-order valence-electron chi connectivity index (χ4n) is 2.64. The van der Waals surface area contributed by atoms with E-state index in [1.165, 1.54) is 12.1 Å². The first-order valence-electron chi connectivity index (χ1n) is 7.73. The number of amides is 1. The van der Waals surface area contributed by atoms with Gasteiger partial charge in [-0.1, -0.05) is 18.2 Å². The van der Waals surface area contributed by atoms with Gasteiger partial charge in [-0.15, -0.1) is 0 Å². The maximum Gasteiger partial charge on any atom is 0.227 e. The van der Waals surface area contributed by atoms with Crippen molar-refractivity contribution < 1.29 is 9.18 Å². The third kappa shape index (κ3) is 3.68. The average Bonchev–Trinajstić information content (AvgIpc) is 3.09. The van der Waals surface area contributed by atoms with Gasteiger partial charge >= 0.3 is 0 Å². The molecule has 0 unspecified atom stereocenters. The number of rotatable bonds is 5. The molecule has 0 aliphatic rings. The molecule has 2 heterocycles. The summed E-state index contributed by atoms with van der Waals surface area (Å²) in [5.74, 6) is 0.0680. The number of nitrogens with zero attached hydrogens (tertiary/aromatic N) is 2. The van der Waals surface area contributed by atoms with Crippen LogP contribution in [0.5, 0.6) is 0 Å². The van der Waals surface area contributed by atoms with Gasteiger partial charge in [0.1, 0.15) is 11.6 Å². The quantitative estimate of drug-likeness (QED) is 0.773. The van der Waals surface area contributed by atoms with Gasteiger partial charge in [-0.2, -0.15) is 0 Å². The summed E-state index contributed by atoms with van der Waals surface area (Å²) >= 11 is 0. The Bertz CT molecular complexity index is 830. The molecule has 3 rings (SSSR count). The summed E-state index contributed by atoms with van der Waals surface area (Å²) in [6, 6.07) is 13.5. The van der Waals surface area contributed by atoms with E-state index in [1.54, 1.807) is 12.3 Å². The Balaban J connectivity index is 1.82. The lowest BCUT2D eigenvalue weighted by Crippen LogP contribution is -2.20. The fourth-order valence-corrected chi connectivity index (χ4v) is 2.64. The number of pyridine rings is 1. The van der Waals surface area contributed by atoms with Crippen LogP contribution < -0.4 is 5.32 Å². The highest BCUT2D eigenvalue weighted by Gasteiger charge is 2.18. The Morgan fingerprint density at radius 3 is 2.71 bits per heavy atom. The molecule has 122 valence electrons. The number of halogens is 1. The molecule has 0 aliphatic heterocycles. The first-order chi connectivity index (χ1) is 11.6. The monoisotopic (exact) mass is 323 g/mol. The van der Waals surface area contributed by atoms with Crippen LogP contribution in [-0.2, 0) is 4.79 Å². The summed E-state index contributed by atoms with van der Waals surface area (Å²) < 4.78 is 15.5. The van der Waals surface area contributed by atoms with Crippen molar-refractivity contribution in [3.8, 4) is 0 Å². The lowest BCUT2D eigenvalue weighted by atomic mass is 10.0. The molecule has 1 N–H and O–H groups in total. The minimum Gasteiger partial charge on any atom is -0.346 e. The maximum atomic E-state index is 13.6. The first-order valence-corrected chi connectivity index (χ1v) is 7.73. The first kappa shape index (κ1) is 15.9. The van der Waals surface area contributed by atoms with Crippen LogP contribution in [0.15, 0.2) is 67.1 Å². The molecular formula is C19H18FN3O. The largest absolute Gasteiger partial charge is 0.346 e. The summed E-state index contributed by atoms with van der Waals surface area (Å²) in [5.41, 5.74) is 1.65. The summed E-state index contributed by atoms with van der Waals surface area (Å²) in [7, 11) is 0. The van der Waals surface area contributed by atoms with Crippen molar-refractivity contribution in [1.29, 1.82) is 0 Å². The topological polar surface area (TPSA) is 46.9 Å². The number of hydrogen-bond acceptors (Lipinski definition) is 2. The van der Waals surface area contributed by atoms with E-state index in [0.29, 0.717) is 5.82 Å². The van der Waals surface area contributed by atoms with Crippen molar-refractivity contribution in [2.45, 2.75) is 19.4 Å². The van der Waals surface area contributed by atoms with Crippen LogP contribution >= 0.6 is 0 Å². The summed E-state index contributed by atoms with van der Waals surface area (Å²) in [6.45, 7) is 1.89. The zero-order chi connectivity index (χ0) is 16.9. The number of aromatic nitrogens is 2. The molecular weight excluding hydrogens is 305 g/mol. The zero-order valence-electron chi connectivity index (χ0n) is 13.3. The molecule has 1 aromatic carbocycles. The van der Waals surface area contributed by atoms with E-state index in [-0.39, 0.29) is 24.2 Å². The van der Waals surface area contributed by atoms with Crippen LogP contribution in [0.25, 0.3) is 0 Å². The van der Waals surface area contributed by atoms with Crippen LogP contribution in [0, 0.1) is 12.7 Å². The van der Waals surface area contributed by atoms with Crippen LogP contribution in [0.1, 0.15) is 23.6 Å². The molecule has 2 aromatic heterocycles. The average molecular weight is 323 g/mol. The molecule has 0 bridgehead atoms. The van der Waals surface area contributed by atoms with E-state index in [2.05, 4.69) is 10.3 Å². The number of carbonyl (C=O) groups excluding carboxylic acids is 1. The number of aryl methyl sites for hydroxylation is 1. The Hall–Kier alpha value is -2.95. The van der Waals surface area contributed by atoms with E-state index < -0.39 is 0 Å². The number of anilines is 1. The van der Waals surface area contributed by atoms with Crippen LogP contribution in [0.4, 0.5) is 10.2 Å². The van der Waals surface area contributed by atoms with E-state index >= 15 is 0 Å². The van der Waals surface area contributed by atoms with Crippen LogP contribution in [0.2, 0.25) is 0 Å². The Labute approximate surface area is 140 Å². The van der Waals surface area contributed by atoms with Crippen molar-refractivity contribution in [2.24, 2.45) is 0 Å². The van der Waals surface area contributed by atoms with E-state index in [9.17, 15) is 9.18 Å². The maximum absolute atomic E-state index is 13.6. The second-order valence-electron chi connectivity index (χ2n) is 5.62. The van der Waals surface area contributed by atoms with E-state index in [1.807, 2.05) is 54.2 Å². The third-order valence-corrected chi connectivity index (χ3v) is 3.87. The number of benzene rings is 1. The summed E-state index contributed by atoms with van der Waals surface area (Å²) in [6.07, 6.45) is 5.57. The van der Waals surface area contributed by atoms with Crippen molar-refractivity contribution in [1.82, 2.24) is 9.55 Å². The zero-order valence-corrected chi connectivity index (χ0v) is 13.3. The van der Waals surface area contributed by atoms with Crippen molar-refractivity contribution in [2.75, 3.05) is 5.32 Å². The molecule has 3 aromatic rings. The minimum absolute atomic E-state index is 0.167. The van der Waals surface area contributed by atoms with Gasteiger partial charge in [0.15, 0.2) is 0 Å². The van der Waals surface area contributed by atoms with Gasteiger partial charge in [0.2, 0.25) is 5.91 Å². The van der Waals surface area contributed by atoms with Crippen molar-refractivity contribution >= 4 is 11.7 Å². The molecule has 0 spiro atoms. The fraction of sp³-hybridized carbons (Fsp3) is 0.158. The number of carbonyl (C=O) groups is 1. The number of hydrogen-bond donors (Lipinski definition) is 1. The molecule has 24 heavy (non-hydrogen) atoms. The molecule has 0 fully saturated rings. The molecule has 5 heteroatoms. The predicted molar refractivity (Wildman–Crippen MR) is 91.2 cm³/mol. The van der Waals surface area contributed by atoms with Gasteiger partial charge in [0, 0.05) is 18.6 Å². The molecule has 0 saturated heterocycles. The highest BCUT2D eigenvalue weighted by atomic mass is 19.1. The molecule has 1 atom stereocenters. The van der Waals surface area contributed by atoms with Gasteiger partial charge < -0.3 is 9.88 Å². The Morgan fingerprint density at radius 1 is 1.21 bits per heavy atom. The minimum atomic E-state index is -0.314. The summed E-state index contributed by atoms with van der Waals surface area (Å²) in [4.78, 5) is 16.6. The molecule has 1 amide bonds. The molecule has 4 nitrogen and oxygen atoms in total.